The van der Waals surface area contributed by atoms with Crippen molar-refractivity contribution in [1.82, 2.24) is 0 Å². The molecule has 20 heavy (non-hydrogen) atoms. The summed E-state index contributed by atoms with van der Waals surface area (Å²) in [5.74, 6) is -0.218. The highest BCUT2D eigenvalue weighted by Crippen LogP contribution is 2.31. The highest BCUT2D eigenvalue weighted by molar-refractivity contribution is 6.99. The van der Waals surface area contributed by atoms with Gasteiger partial charge in [-0.2, -0.15) is 0 Å². The number of anilines is 1. The predicted octanol–water partition coefficient (Wildman–Crippen LogP) is 4.34. The van der Waals surface area contributed by atoms with Crippen LogP contribution in [0.2, 0.25) is 39.3 Å². The fourth-order valence-electron chi connectivity index (χ4n) is 2.78. The SMILES string of the molecule is CCOC(=O)c1ccccc1N([Si](C)(C)C)[Si](C)(C)C. The molecule has 0 heterocycles. The van der Waals surface area contributed by atoms with E-state index < -0.39 is 16.5 Å². The molecule has 3 nitrogen and oxygen atoms in total. The Hall–Kier alpha value is -1.08. The Balaban J connectivity index is 3.39. The number of hydrogen-bond donors (Lipinski definition) is 0. The van der Waals surface area contributed by atoms with Gasteiger partial charge in [-0.3, -0.25) is 0 Å². The van der Waals surface area contributed by atoms with Crippen molar-refractivity contribution in [3.63, 3.8) is 0 Å². The zero-order chi connectivity index (χ0) is 15.6. The van der Waals surface area contributed by atoms with Crippen LogP contribution >= 0.6 is 0 Å². The number of hydrogen-bond acceptors (Lipinski definition) is 3. The summed E-state index contributed by atoms with van der Waals surface area (Å²) in [4.78, 5) is 12.2. The van der Waals surface area contributed by atoms with Gasteiger partial charge in [0, 0.05) is 5.69 Å². The molecule has 0 amide bonds. The molecule has 5 heteroatoms. The number of rotatable bonds is 5. The van der Waals surface area contributed by atoms with Gasteiger partial charge in [0.15, 0.2) is 0 Å². The van der Waals surface area contributed by atoms with Gasteiger partial charge in [-0.15, -0.1) is 0 Å². The van der Waals surface area contributed by atoms with Crippen molar-refractivity contribution in [2.75, 3.05) is 10.8 Å². The van der Waals surface area contributed by atoms with Crippen LogP contribution in [0.25, 0.3) is 0 Å². The monoisotopic (exact) mass is 309 g/mol. The maximum Gasteiger partial charge on any atom is 0.340 e. The van der Waals surface area contributed by atoms with Gasteiger partial charge in [0.25, 0.3) is 0 Å². The van der Waals surface area contributed by atoms with E-state index in [2.05, 4.69) is 49.6 Å². The number of para-hydroxylation sites is 1. The van der Waals surface area contributed by atoms with Crippen molar-refractivity contribution in [2.24, 2.45) is 0 Å². The van der Waals surface area contributed by atoms with Crippen LogP contribution in [0, 0.1) is 0 Å². The maximum atomic E-state index is 12.2. The summed E-state index contributed by atoms with van der Waals surface area (Å²) in [6.07, 6.45) is 0. The summed E-state index contributed by atoms with van der Waals surface area (Å²) >= 11 is 0. The van der Waals surface area contributed by atoms with Gasteiger partial charge in [-0.05, 0) is 19.1 Å². The molecule has 0 aliphatic heterocycles. The number of ether oxygens (including phenoxy) is 1. The van der Waals surface area contributed by atoms with Crippen molar-refractivity contribution in [1.29, 1.82) is 0 Å². The minimum Gasteiger partial charge on any atom is -0.462 e. The van der Waals surface area contributed by atoms with Gasteiger partial charge in [-0.1, -0.05) is 51.4 Å². The Morgan fingerprint density at radius 1 is 1.05 bits per heavy atom. The highest BCUT2D eigenvalue weighted by atomic mass is 28.4. The average molecular weight is 310 g/mol. The third kappa shape index (κ3) is 3.96. The second-order valence-corrected chi connectivity index (χ2v) is 16.9. The molecule has 1 rings (SSSR count). The van der Waals surface area contributed by atoms with E-state index in [9.17, 15) is 4.79 Å². The van der Waals surface area contributed by atoms with Gasteiger partial charge in [0.1, 0.15) is 16.5 Å². The molecule has 0 atom stereocenters. The van der Waals surface area contributed by atoms with Crippen molar-refractivity contribution in [3.05, 3.63) is 29.8 Å². The van der Waals surface area contributed by atoms with Crippen molar-refractivity contribution in [3.8, 4) is 0 Å². The molecule has 112 valence electrons. The zero-order valence-corrected chi connectivity index (χ0v) is 15.8. The molecule has 0 aliphatic carbocycles. The minimum atomic E-state index is -1.58. The topological polar surface area (TPSA) is 29.5 Å². The Morgan fingerprint density at radius 3 is 2.00 bits per heavy atom. The van der Waals surface area contributed by atoms with Gasteiger partial charge in [-0.25, -0.2) is 4.79 Å². The standard InChI is InChI=1S/C15H27NO2Si2/c1-8-18-15(17)13-11-9-10-12-14(13)16(19(2,3)4)20(5,6)7/h9-12H,8H2,1-7H3. The Morgan fingerprint density at radius 2 is 1.55 bits per heavy atom. The van der Waals surface area contributed by atoms with E-state index in [-0.39, 0.29) is 5.97 Å². The summed E-state index contributed by atoms with van der Waals surface area (Å²) in [5.41, 5.74) is 1.74. The number of carbonyl (C=O) groups is 1. The summed E-state index contributed by atoms with van der Waals surface area (Å²) in [7, 11) is -3.15. The zero-order valence-electron chi connectivity index (χ0n) is 13.8. The van der Waals surface area contributed by atoms with E-state index in [0.29, 0.717) is 12.2 Å². The number of carbonyl (C=O) groups excluding carboxylic acids is 1. The van der Waals surface area contributed by atoms with E-state index in [1.54, 1.807) is 0 Å². The van der Waals surface area contributed by atoms with Crippen LogP contribution in [0.5, 0.6) is 0 Å². The van der Waals surface area contributed by atoms with Gasteiger partial charge in [0.2, 0.25) is 0 Å². The van der Waals surface area contributed by atoms with Crippen LogP contribution < -0.4 is 4.23 Å². The molecule has 0 saturated carbocycles. The Labute approximate surface area is 125 Å². The third-order valence-corrected chi connectivity index (χ3v) is 10.2. The molecule has 1 aromatic carbocycles. The number of esters is 1. The lowest BCUT2D eigenvalue weighted by Gasteiger charge is -2.46. The van der Waals surface area contributed by atoms with E-state index >= 15 is 0 Å². The van der Waals surface area contributed by atoms with Crippen molar-refractivity contribution >= 4 is 28.1 Å². The Bertz CT molecular complexity index is 461. The van der Waals surface area contributed by atoms with Crippen LogP contribution in [-0.2, 0) is 4.74 Å². The van der Waals surface area contributed by atoms with E-state index in [0.717, 1.165) is 5.69 Å². The molecule has 0 fully saturated rings. The minimum absolute atomic E-state index is 0.218. The molecular weight excluding hydrogens is 282 g/mol. The normalized spacial score (nSPS) is 12.2. The first-order chi connectivity index (χ1) is 9.09. The number of benzene rings is 1. The van der Waals surface area contributed by atoms with E-state index in [1.165, 1.54) is 0 Å². The summed E-state index contributed by atoms with van der Waals surface area (Å²) in [6, 6.07) is 7.84. The lowest BCUT2D eigenvalue weighted by molar-refractivity contribution is 0.0527. The van der Waals surface area contributed by atoms with E-state index in [4.69, 9.17) is 4.74 Å². The first-order valence-corrected chi connectivity index (χ1v) is 14.0. The van der Waals surface area contributed by atoms with Gasteiger partial charge >= 0.3 is 5.97 Å². The van der Waals surface area contributed by atoms with Crippen LogP contribution in [0.4, 0.5) is 5.69 Å². The largest absolute Gasteiger partial charge is 0.462 e. The lowest BCUT2D eigenvalue weighted by atomic mass is 10.2. The summed E-state index contributed by atoms with van der Waals surface area (Å²) in [5, 5.41) is 0. The first kappa shape index (κ1) is 17.0. The van der Waals surface area contributed by atoms with Crippen LogP contribution in [-0.4, -0.2) is 29.0 Å². The molecule has 1 aromatic rings. The number of nitrogens with zero attached hydrogens (tertiary/aromatic N) is 1. The molecule has 0 radical (unpaired) electrons. The van der Waals surface area contributed by atoms with Crippen molar-refractivity contribution < 1.29 is 9.53 Å². The smallest absolute Gasteiger partial charge is 0.340 e. The van der Waals surface area contributed by atoms with Gasteiger partial charge in [0.05, 0.1) is 12.2 Å². The molecule has 0 aliphatic rings. The molecule has 0 bridgehead atoms. The molecule has 0 N–H and O–H groups in total. The van der Waals surface area contributed by atoms with Crippen LogP contribution in [0.15, 0.2) is 24.3 Å². The lowest BCUT2D eigenvalue weighted by Crippen LogP contribution is -2.60. The van der Waals surface area contributed by atoms with E-state index in [1.807, 2.05) is 25.1 Å². The quantitative estimate of drug-likeness (QED) is 0.598. The second kappa shape index (κ2) is 6.14. The molecule has 0 unspecified atom stereocenters. The first-order valence-electron chi connectivity index (χ1n) is 7.15. The summed E-state index contributed by atoms with van der Waals surface area (Å²) in [6.45, 7) is 16.2. The Kier molecular flexibility index (Phi) is 5.21. The molecule has 0 aromatic heterocycles. The fraction of sp³-hybridized carbons (Fsp3) is 0.533. The molecular formula is C15H27NO2Si2. The van der Waals surface area contributed by atoms with Crippen molar-refractivity contribution in [2.45, 2.75) is 46.2 Å². The second-order valence-electron chi connectivity index (χ2n) is 6.91. The summed E-state index contributed by atoms with van der Waals surface area (Å²) < 4.78 is 7.76. The predicted molar refractivity (Wildman–Crippen MR) is 91.6 cm³/mol. The molecule has 0 saturated heterocycles. The maximum absolute atomic E-state index is 12.2. The van der Waals surface area contributed by atoms with Crippen LogP contribution in [0.3, 0.4) is 0 Å². The fourth-order valence-corrected chi connectivity index (χ4v) is 12.7. The average Bonchev–Trinajstić information content (AvgIpc) is 2.26. The third-order valence-electron chi connectivity index (χ3n) is 2.98. The van der Waals surface area contributed by atoms with Gasteiger partial charge < -0.3 is 8.97 Å². The highest BCUT2D eigenvalue weighted by Gasteiger charge is 2.36. The van der Waals surface area contributed by atoms with Crippen LogP contribution in [0.1, 0.15) is 17.3 Å². The molecule has 0 spiro atoms.